The molecule has 1 aromatic carbocycles. The smallest absolute Gasteiger partial charge is 0.0943 e. The van der Waals surface area contributed by atoms with E-state index in [9.17, 15) is 4.21 Å². The molecule has 1 fully saturated rings. The van der Waals surface area contributed by atoms with Gasteiger partial charge in [0.05, 0.1) is 11.0 Å². The van der Waals surface area contributed by atoms with Gasteiger partial charge in [-0.1, -0.05) is 6.92 Å². The number of benzene rings is 1. The first-order valence-electron chi connectivity index (χ1n) is 7.35. The lowest BCUT2D eigenvalue weighted by molar-refractivity contribution is 0.410. The minimum Gasteiger partial charge on any atom is -0.398 e. The molecule has 6 heteroatoms. The van der Waals surface area contributed by atoms with Crippen LogP contribution >= 0.6 is 0 Å². The molecule has 1 saturated heterocycles. The van der Waals surface area contributed by atoms with Gasteiger partial charge in [-0.25, -0.2) is 8.51 Å². The zero-order chi connectivity index (χ0) is 15.4. The largest absolute Gasteiger partial charge is 0.398 e. The van der Waals surface area contributed by atoms with E-state index in [1.54, 1.807) is 0 Å². The molecule has 116 valence electrons. The number of hydrogen-bond donors (Lipinski definition) is 2. The summed E-state index contributed by atoms with van der Waals surface area (Å²) in [5, 5.41) is 7.59. The lowest BCUT2D eigenvalue weighted by Crippen LogP contribution is -2.47. The fourth-order valence-electron chi connectivity index (χ4n) is 2.66. The highest BCUT2D eigenvalue weighted by molar-refractivity contribution is 7.82. The Morgan fingerprint density at radius 2 is 2.00 bits per heavy atom. The average molecular weight is 308 g/mol. The third-order valence-electron chi connectivity index (χ3n) is 3.72. The van der Waals surface area contributed by atoms with Crippen molar-refractivity contribution in [2.75, 3.05) is 42.6 Å². The average Bonchev–Trinajstić information content (AvgIpc) is 2.47. The van der Waals surface area contributed by atoms with E-state index < -0.39 is 11.0 Å². The topological polar surface area (TPSA) is 73.4 Å². The monoisotopic (exact) mass is 308 g/mol. The number of nitrogen functional groups attached to an aromatic ring is 1. The first-order chi connectivity index (χ1) is 10.1. The molecular formula is C15H24N4OS. The van der Waals surface area contributed by atoms with Gasteiger partial charge in [0.15, 0.2) is 0 Å². The van der Waals surface area contributed by atoms with E-state index in [2.05, 4.69) is 17.9 Å². The van der Waals surface area contributed by atoms with Crippen LogP contribution in [0.2, 0.25) is 0 Å². The summed E-state index contributed by atoms with van der Waals surface area (Å²) in [5.41, 5.74) is 9.57. The third-order valence-corrected chi connectivity index (χ3v) is 5.42. The van der Waals surface area contributed by atoms with Crippen molar-refractivity contribution >= 4 is 28.6 Å². The highest BCUT2D eigenvalue weighted by Crippen LogP contribution is 2.27. The Kier molecular flexibility index (Phi) is 5.36. The van der Waals surface area contributed by atoms with Gasteiger partial charge in [-0.2, -0.15) is 0 Å². The van der Waals surface area contributed by atoms with Crippen molar-refractivity contribution in [2.24, 2.45) is 0 Å². The zero-order valence-corrected chi connectivity index (χ0v) is 13.6. The number of nitrogens with one attached hydrogen (secondary N) is 1. The maximum atomic E-state index is 12.0. The molecule has 1 aliphatic heterocycles. The van der Waals surface area contributed by atoms with Crippen LogP contribution in [0.4, 0.5) is 11.4 Å². The van der Waals surface area contributed by atoms with Gasteiger partial charge in [0.2, 0.25) is 0 Å². The number of rotatable bonds is 5. The van der Waals surface area contributed by atoms with Gasteiger partial charge in [0, 0.05) is 55.1 Å². The van der Waals surface area contributed by atoms with Crippen molar-refractivity contribution in [1.82, 2.24) is 4.31 Å². The molecule has 1 unspecified atom stereocenters. The van der Waals surface area contributed by atoms with Crippen molar-refractivity contribution in [3.8, 4) is 0 Å². The van der Waals surface area contributed by atoms with Crippen LogP contribution in [0.25, 0.3) is 0 Å². The van der Waals surface area contributed by atoms with E-state index in [-0.39, 0.29) is 0 Å². The molecule has 1 atom stereocenters. The summed E-state index contributed by atoms with van der Waals surface area (Å²) in [5.74, 6) is 0.739. The van der Waals surface area contributed by atoms with Gasteiger partial charge < -0.3 is 16.0 Å². The summed E-state index contributed by atoms with van der Waals surface area (Å²) in [6, 6.07) is 3.98. The molecule has 1 heterocycles. The normalized spacial score (nSPS) is 17.7. The standard InChI is InChI=1S/C15H24N4OS/c1-3-8-21(20)19-6-4-18(5-7-19)15-10-12(2)9-14(17)13(15)11-16/h9-11,16H,3-8,17H2,1-2H3. The summed E-state index contributed by atoms with van der Waals surface area (Å²) in [6.07, 6.45) is 2.27. The SMILES string of the molecule is CCCS(=O)N1CCN(c2cc(C)cc(N)c2C=N)CC1. The fourth-order valence-corrected chi connectivity index (χ4v) is 3.84. The van der Waals surface area contributed by atoms with Gasteiger partial charge in [-0.15, -0.1) is 0 Å². The number of nitrogens with two attached hydrogens (primary N) is 1. The maximum Gasteiger partial charge on any atom is 0.0943 e. The molecule has 0 saturated carbocycles. The minimum atomic E-state index is -0.857. The summed E-state index contributed by atoms with van der Waals surface area (Å²) >= 11 is 0. The first-order valence-corrected chi connectivity index (χ1v) is 8.63. The van der Waals surface area contributed by atoms with Crippen LogP contribution in [0.1, 0.15) is 24.5 Å². The molecule has 0 spiro atoms. The maximum absolute atomic E-state index is 12.0. The fraction of sp³-hybridized carbons (Fsp3) is 0.533. The molecule has 1 aromatic rings. The van der Waals surface area contributed by atoms with Gasteiger partial charge in [-0.05, 0) is 31.0 Å². The van der Waals surface area contributed by atoms with Crippen LogP contribution in [0.3, 0.4) is 0 Å². The Morgan fingerprint density at radius 1 is 1.33 bits per heavy atom. The quantitative estimate of drug-likeness (QED) is 0.643. The predicted molar refractivity (Wildman–Crippen MR) is 90.6 cm³/mol. The summed E-state index contributed by atoms with van der Waals surface area (Å²) in [6.45, 7) is 7.29. The van der Waals surface area contributed by atoms with Crippen molar-refractivity contribution in [2.45, 2.75) is 20.3 Å². The van der Waals surface area contributed by atoms with Gasteiger partial charge in [0.1, 0.15) is 0 Å². The van der Waals surface area contributed by atoms with E-state index in [1.165, 1.54) is 6.21 Å². The van der Waals surface area contributed by atoms with Crippen LogP contribution in [0.5, 0.6) is 0 Å². The van der Waals surface area contributed by atoms with Gasteiger partial charge in [0.25, 0.3) is 0 Å². The molecule has 0 aromatic heterocycles. The zero-order valence-electron chi connectivity index (χ0n) is 12.8. The molecule has 0 amide bonds. The highest BCUT2D eigenvalue weighted by Gasteiger charge is 2.22. The van der Waals surface area contributed by atoms with E-state index in [0.717, 1.165) is 55.2 Å². The van der Waals surface area contributed by atoms with Gasteiger partial charge in [-0.3, -0.25) is 0 Å². The Hall–Kier alpha value is -1.40. The second-order valence-corrected chi connectivity index (χ2v) is 6.94. The molecule has 3 N–H and O–H groups in total. The summed E-state index contributed by atoms with van der Waals surface area (Å²) in [7, 11) is -0.857. The summed E-state index contributed by atoms with van der Waals surface area (Å²) < 4.78 is 14.1. The van der Waals surface area contributed by atoms with Crippen LogP contribution in [-0.2, 0) is 11.0 Å². The molecule has 5 nitrogen and oxygen atoms in total. The van der Waals surface area contributed by atoms with E-state index >= 15 is 0 Å². The van der Waals surface area contributed by atoms with Crippen LogP contribution in [-0.4, -0.2) is 46.7 Å². The lowest BCUT2D eigenvalue weighted by Gasteiger charge is -2.36. The minimum absolute atomic E-state index is 0.650. The number of hydrogen-bond acceptors (Lipinski definition) is 4. The van der Waals surface area contributed by atoms with Gasteiger partial charge >= 0.3 is 0 Å². The Balaban J connectivity index is 2.12. The molecule has 0 bridgehead atoms. The highest BCUT2D eigenvalue weighted by atomic mass is 32.2. The Labute approximate surface area is 129 Å². The Bertz CT molecular complexity index is 539. The van der Waals surface area contributed by atoms with Crippen LogP contribution < -0.4 is 10.6 Å². The number of nitrogens with zero attached hydrogens (tertiary/aromatic N) is 2. The van der Waals surface area contributed by atoms with Crippen LogP contribution in [0, 0.1) is 12.3 Å². The molecular weight excluding hydrogens is 284 g/mol. The molecule has 2 rings (SSSR count). The number of anilines is 2. The second kappa shape index (κ2) is 7.04. The summed E-state index contributed by atoms with van der Waals surface area (Å²) in [4.78, 5) is 2.24. The van der Waals surface area contributed by atoms with E-state index in [1.807, 2.05) is 17.3 Å². The van der Waals surface area contributed by atoms with Crippen molar-refractivity contribution in [1.29, 1.82) is 5.41 Å². The number of aryl methyl sites for hydroxylation is 1. The third kappa shape index (κ3) is 3.63. The number of piperazine rings is 1. The molecule has 0 radical (unpaired) electrons. The van der Waals surface area contributed by atoms with E-state index in [0.29, 0.717) is 5.69 Å². The van der Waals surface area contributed by atoms with Crippen molar-refractivity contribution in [3.63, 3.8) is 0 Å². The van der Waals surface area contributed by atoms with Crippen molar-refractivity contribution < 1.29 is 4.21 Å². The predicted octanol–water partition coefficient (Wildman–Crippen LogP) is 1.77. The Morgan fingerprint density at radius 3 is 2.57 bits per heavy atom. The molecule has 0 aliphatic carbocycles. The van der Waals surface area contributed by atoms with E-state index in [4.69, 9.17) is 11.1 Å². The second-order valence-electron chi connectivity index (χ2n) is 5.37. The van der Waals surface area contributed by atoms with Crippen molar-refractivity contribution in [3.05, 3.63) is 23.3 Å². The lowest BCUT2D eigenvalue weighted by atomic mass is 10.1. The molecule has 1 aliphatic rings. The first kappa shape index (κ1) is 16.0. The van der Waals surface area contributed by atoms with Crippen LogP contribution in [0.15, 0.2) is 12.1 Å². The molecule has 21 heavy (non-hydrogen) atoms.